The molecule has 1 heterocycles. The minimum atomic E-state index is -0.828. The van der Waals surface area contributed by atoms with Gasteiger partial charge in [0.1, 0.15) is 12.7 Å². The molecule has 0 aromatic carbocycles. The highest BCUT2D eigenvalue weighted by Gasteiger charge is 2.24. The third-order valence-electron chi connectivity index (χ3n) is 1.20. The Labute approximate surface area is 74.4 Å². The highest BCUT2D eigenvalue weighted by atomic mass is 16.7. The molecule has 1 atom stereocenters. The summed E-state index contributed by atoms with van der Waals surface area (Å²) in [5, 5.41) is 0. The lowest BCUT2D eigenvalue weighted by molar-refractivity contribution is -0.143. The van der Waals surface area contributed by atoms with Gasteiger partial charge in [0.15, 0.2) is 0 Å². The number of amides is 1. The van der Waals surface area contributed by atoms with E-state index in [1.165, 1.54) is 0 Å². The van der Waals surface area contributed by atoms with E-state index in [0.29, 0.717) is 6.61 Å². The fourth-order valence-electron chi connectivity index (χ4n) is 0.496. The Hall–Kier alpha value is -1.56. The number of epoxide rings is 1. The molecule has 1 amide bonds. The van der Waals surface area contributed by atoms with Crippen molar-refractivity contribution in [1.29, 1.82) is 0 Å². The van der Waals surface area contributed by atoms with Crippen LogP contribution < -0.4 is 5.48 Å². The van der Waals surface area contributed by atoms with Gasteiger partial charge in [-0.3, -0.25) is 0 Å². The second-order valence-corrected chi connectivity index (χ2v) is 2.28. The SMILES string of the molecule is C=CC(=O)ONC(=O)OCC1CO1. The van der Waals surface area contributed by atoms with Crippen molar-refractivity contribution in [2.45, 2.75) is 6.10 Å². The van der Waals surface area contributed by atoms with Crippen LogP contribution in [0.2, 0.25) is 0 Å². The summed E-state index contributed by atoms with van der Waals surface area (Å²) in [4.78, 5) is 25.3. The lowest BCUT2D eigenvalue weighted by Crippen LogP contribution is -2.28. The van der Waals surface area contributed by atoms with E-state index in [0.717, 1.165) is 6.08 Å². The Morgan fingerprint density at radius 2 is 2.38 bits per heavy atom. The molecule has 1 aliphatic heterocycles. The molecular weight excluding hydrogens is 178 g/mol. The van der Waals surface area contributed by atoms with E-state index in [4.69, 9.17) is 4.74 Å². The fourth-order valence-corrected chi connectivity index (χ4v) is 0.496. The molecule has 0 aromatic rings. The van der Waals surface area contributed by atoms with E-state index >= 15 is 0 Å². The largest absolute Gasteiger partial charge is 0.445 e. The maximum Gasteiger partial charge on any atom is 0.440 e. The van der Waals surface area contributed by atoms with Crippen LogP contribution in [0.15, 0.2) is 12.7 Å². The quantitative estimate of drug-likeness (QED) is 0.374. The monoisotopic (exact) mass is 187 g/mol. The first-order valence-corrected chi connectivity index (χ1v) is 3.60. The molecule has 1 N–H and O–H groups in total. The van der Waals surface area contributed by atoms with Gasteiger partial charge in [0.25, 0.3) is 0 Å². The first kappa shape index (κ1) is 9.53. The summed E-state index contributed by atoms with van der Waals surface area (Å²) in [6.45, 7) is 3.90. The molecule has 0 aliphatic carbocycles. The van der Waals surface area contributed by atoms with E-state index in [1.807, 2.05) is 0 Å². The fraction of sp³-hybridized carbons (Fsp3) is 0.429. The summed E-state index contributed by atoms with van der Waals surface area (Å²) in [5.41, 5.74) is 1.78. The molecule has 1 aliphatic rings. The number of carbonyl (C=O) groups excluding carboxylic acids is 2. The van der Waals surface area contributed by atoms with Crippen LogP contribution in [-0.4, -0.2) is 31.4 Å². The van der Waals surface area contributed by atoms with Gasteiger partial charge in [-0.15, -0.1) is 5.48 Å². The number of hydroxylamine groups is 1. The standard InChI is InChI=1S/C7H9NO5/c1-2-6(9)13-8-7(10)12-4-5-3-11-5/h2,5H,1,3-4H2,(H,8,10). The molecule has 1 fully saturated rings. The smallest absolute Gasteiger partial charge is 0.440 e. The number of carbonyl (C=O) groups is 2. The molecule has 6 nitrogen and oxygen atoms in total. The Kier molecular flexibility index (Phi) is 3.27. The predicted molar refractivity (Wildman–Crippen MR) is 40.5 cm³/mol. The molecule has 1 rings (SSSR count). The molecule has 0 radical (unpaired) electrons. The summed E-state index contributed by atoms with van der Waals surface area (Å²) >= 11 is 0. The Balaban J connectivity index is 2.02. The van der Waals surface area contributed by atoms with Gasteiger partial charge in [-0.2, -0.15) is 0 Å². The number of nitrogens with one attached hydrogen (secondary N) is 1. The van der Waals surface area contributed by atoms with E-state index in [9.17, 15) is 9.59 Å². The third-order valence-corrected chi connectivity index (χ3v) is 1.20. The van der Waals surface area contributed by atoms with Gasteiger partial charge in [0.2, 0.25) is 0 Å². The van der Waals surface area contributed by atoms with E-state index in [1.54, 1.807) is 5.48 Å². The van der Waals surface area contributed by atoms with Crippen LogP contribution in [0.25, 0.3) is 0 Å². The molecule has 6 heteroatoms. The zero-order chi connectivity index (χ0) is 9.68. The van der Waals surface area contributed by atoms with Crippen LogP contribution in [0.4, 0.5) is 4.79 Å². The molecule has 0 spiro atoms. The van der Waals surface area contributed by atoms with Crippen molar-refractivity contribution in [1.82, 2.24) is 5.48 Å². The lowest BCUT2D eigenvalue weighted by atomic mass is 10.5. The first-order chi connectivity index (χ1) is 6.22. The summed E-state index contributed by atoms with van der Waals surface area (Å²) in [6.07, 6.45) is 0.0798. The minimum absolute atomic E-state index is 0.0131. The first-order valence-electron chi connectivity index (χ1n) is 3.60. The normalized spacial score (nSPS) is 18.6. The number of hydrogen-bond donors (Lipinski definition) is 1. The third kappa shape index (κ3) is 4.12. The van der Waals surface area contributed by atoms with Crippen molar-refractivity contribution in [3.8, 4) is 0 Å². The van der Waals surface area contributed by atoms with Gasteiger partial charge >= 0.3 is 12.1 Å². The van der Waals surface area contributed by atoms with Gasteiger partial charge in [-0.1, -0.05) is 6.58 Å². The number of hydrogen-bond acceptors (Lipinski definition) is 5. The lowest BCUT2D eigenvalue weighted by Gasteiger charge is -2.03. The van der Waals surface area contributed by atoms with Gasteiger partial charge < -0.3 is 14.3 Å². The molecule has 1 saturated heterocycles. The van der Waals surface area contributed by atoms with Crippen LogP contribution in [0.3, 0.4) is 0 Å². The molecular formula is C7H9NO5. The average molecular weight is 187 g/mol. The maximum absolute atomic E-state index is 10.7. The molecule has 0 bridgehead atoms. The van der Waals surface area contributed by atoms with Crippen LogP contribution in [-0.2, 0) is 19.1 Å². The predicted octanol–water partition coefficient (Wildman–Crippen LogP) is -0.244. The molecule has 1 unspecified atom stereocenters. The van der Waals surface area contributed by atoms with Crippen molar-refractivity contribution in [2.24, 2.45) is 0 Å². The van der Waals surface area contributed by atoms with Crippen molar-refractivity contribution in [3.63, 3.8) is 0 Å². The Morgan fingerprint density at radius 3 is 2.92 bits per heavy atom. The minimum Gasteiger partial charge on any atom is -0.445 e. The van der Waals surface area contributed by atoms with E-state index in [-0.39, 0.29) is 12.7 Å². The van der Waals surface area contributed by atoms with E-state index in [2.05, 4.69) is 16.2 Å². The van der Waals surface area contributed by atoms with Crippen LogP contribution >= 0.6 is 0 Å². The van der Waals surface area contributed by atoms with Crippen LogP contribution in [0.1, 0.15) is 0 Å². The second-order valence-electron chi connectivity index (χ2n) is 2.28. The average Bonchev–Trinajstić information content (AvgIpc) is 2.94. The van der Waals surface area contributed by atoms with Gasteiger partial charge in [0, 0.05) is 6.08 Å². The van der Waals surface area contributed by atoms with Gasteiger partial charge in [-0.25, -0.2) is 9.59 Å². The zero-order valence-electron chi connectivity index (χ0n) is 6.82. The molecule has 72 valence electrons. The Bertz CT molecular complexity index is 223. The van der Waals surface area contributed by atoms with Gasteiger partial charge in [0.05, 0.1) is 6.61 Å². The van der Waals surface area contributed by atoms with Crippen molar-refractivity contribution >= 4 is 12.1 Å². The number of rotatable bonds is 3. The van der Waals surface area contributed by atoms with Crippen LogP contribution in [0.5, 0.6) is 0 Å². The molecule has 13 heavy (non-hydrogen) atoms. The van der Waals surface area contributed by atoms with E-state index < -0.39 is 12.1 Å². The van der Waals surface area contributed by atoms with Crippen molar-refractivity contribution in [2.75, 3.05) is 13.2 Å². The molecule has 0 saturated carbocycles. The van der Waals surface area contributed by atoms with Crippen LogP contribution in [0, 0.1) is 0 Å². The van der Waals surface area contributed by atoms with Crippen molar-refractivity contribution < 1.29 is 23.9 Å². The maximum atomic E-state index is 10.7. The topological polar surface area (TPSA) is 77.2 Å². The summed E-state index contributed by atoms with van der Waals surface area (Å²) < 4.78 is 9.35. The summed E-state index contributed by atoms with van der Waals surface area (Å²) in [5.74, 6) is -0.750. The second kappa shape index (κ2) is 4.46. The summed E-state index contributed by atoms with van der Waals surface area (Å²) in [6, 6.07) is 0. The van der Waals surface area contributed by atoms with Gasteiger partial charge in [-0.05, 0) is 0 Å². The number of ether oxygens (including phenoxy) is 2. The zero-order valence-corrected chi connectivity index (χ0v) is 6.82. The highest BCUT2D eigenvalue weighted by Crippen LogP contribution is 2.08. The summed E-state index contributed by atoms with van der Waals surface area (Å²) in [7, 11) is 0. The van der Waals surface area contributed by atoms with Crippen molar-refractivity contribution in [3.05, 3.63) is 12.7 Å². The Morgan fingerprint density at radius 1 is 1.69 bits per heavy atom. The molecule has 0 aromatic heterocycles. The highest BCUT2D eigenvalue weighted by molar-refractivity contribution is 5.82.